The molecular weight excluding hydrogens is 278 g/mol. The van der Waals surface area contributed by atoms with E-state index in [-0.39, 0.29) is 5.54 Å². The summed E-state index contributed by atoms with van der Waals surface area (Å²) < 4.78 is 0. The second-order valence-corrected chi connectivity index (χ2v) is 5.60. The molecule has 0 saturated heterocycles. The van der Waals surface area contributed by atoms with Gasteiger partial charge in [0.15, 0.2) is 0 Å². The van der Waals surface area contributed by atoms with E-state index in [0.29, 0.717) is 5.56 Å². The maximum Gasteiger partial charge on any atom is 0.276 e. The zero-order valence-corrected chi connectivity index (χ0v) is 12.5. The number of rotatable bonds is 5. The van der Waals surface area contributed by atoms with Crippen molar-refractivity contribution in [2.75, 3.05) is 5.32 Å². The topological polar surface area (TPSA) is 74.2 Å². The van der Waals surface area contributed by atoms with Crippen LogP contribution in [0.2, 0.25) is 0 Å². The Labute approximate surface area is 129 Å². The Hall–Kier alpha value is -2.40. The number of aromatic nitrogens is 1. The highest BCUT2D eigenvalue weighted by Crippen LogP contribution is 2.48. The van der Waals surface area contributed by atoms with Gasteiger partial charge in [0.05, 0.1) is 11.1 Å². The van der Waals surface area contributed by atoms with Crippen LogP contribution in [-0.4, -0.2) is 16.1 Å². The second kappa shape index (κ2) is 5.77. The van der Waals surface area contributed by atoms with Gasteiger partial charge in [-0.3, -0.25) is 10.0 Å². The van der Waals surface area contributed by atoms with Crippen LogP contribution >= 0.6 is 0 Å². The lowest BCUT2D eigenvalue weighted by atomic mass is 10.0. The van der Waals surface area contributed by atoms with E-state index in [1.54, 1.807) is 11.5 Å². The Bertz CT molecular complexity index is 682. The molecule has 0 aliphatic heterocycles. The summed E-state index contributed by atoms with van der Waals surface area (Å²) in [4.78, 5) is 15.9. The highest BCUT2D eigenvalue weighted by molar-refractivity contribution is 5.93. The molecule has 0 atom stereocenters. The van der Waals surface area contributed by atoms with Crippen LogP contribution in [0.15, 0.2) is 42.6 Å². The van der Waals surface area contributed by atoms with Gasteiger partial charge in [-0.2, -0.15) is 0 Å². The summed E-state index contributed by atoms with van der Waals surface area (Å²) in [5.74, 6) is 0.260. The Balaban J connectivity index is 1.88. The van der Waals surface area contributed by atoms with Gasteiger partial charge < -0.3 is 5.32 Å². The van der Waals surface area contributed by atoms with Crippen molar-refractivity contribution in [2.45, 2.75) is 31.7 Å². The normalized spacial score (nSPS) is 15.2. The van der Waals surface area contributed by atoms with Gasteiger partial charge in [0.2, 0.25) is 0 Å². The minimum Gasteiger partial charge on any atom is -0.360 e. The number of carbonyl (C=O) groups excluding carboxylic acids is 1. The first-order chi connectivity index (χ1) is 10.7. The summed E-state index contributed by atoms with van der Waals surface area (Å²) in [5.41, 5.74) is 4.17. The van der Waals surface area contributed by atoms with Gasteiger partial charge in [-0.1, -0.05) is 37.3 Å². The van der Waals surface area contributed by atoms with Crippen LogP contribution in [0.1, 0.15) is 41.3 Å². The molecule has 0 unspecified atom stereocenters. The minimum atomic E-state index is -0.544. The van der Waals surface area contributed by atoms with Crippen LogP contribution in [0.3, 0.4) is 0 Å². The molecule has 114 valence electrons. The zero-order chi connectivity index (χ0) is 15.6. The number of benzene rings is 1. The molecule has 3 N–H and O–H groups in total. The van der Waals surface area contributed by atoms with Crippen LogP contribution in [0, 0.1) is 0 Å². The third kappa shape index (κ3) is 2.67. The molecule has 1 aromatic heterocycles. The molecule has 1 amide bonds. The Morgan fingerprint density at radius 1 is 1.32 bits per heavy atom. The quantitative estimate of drug-likeness (QED) is 0.586. The highest BCUT2D eigenvalue weighted by atomic mass is 16.5. The lowest BCUT2D eigenvalue weighted by Gasteiger charge is -2.20. The second-order valence-electron chi connectivity index (χ2n) is 5.60. The molecule has 5 heteroatoms. The molecule has 1 aliphatic rings. The number of pyridine rings is 1. The molecular formula is C17H19N3O2. The predicted octanol–water partition coefficient (Wildman–Crippen LogP) is 2.86. The fourth-order valence-electron chi connectivity index (χ4n) is 2.68. The maximum atomic E-state index is 11.5. The summed E-state index contributed by atoms with van der Waals surface area (Å²) in [7, 11) is 0. The number of nitrogens with zero attached hydrogens (tertiary/aromatic N) is 1. The average Bonchev–Trinajstić information content (AvgIpc) is 3.36. The lowest BCUT2D eigenvalue weighted by molar-refractivity contribution is 0.0706. The van der Waals surface area contributed by atoms with Crippen LogP contribution < -0.4 is 10.8 Å². The number of amides is 1. The van der Waals surface area contributed by atoms with Crippen molar-refractivity contribution in [3.63, 3.8) is 0 Å². The summed E-state index contributed by atoms with van der Waals surface area (Å²) in [5, 5.41) is 12.3. The number of hydrogen-bond donors (Lipinski definition) is 3. The molecule has 1 fully saturated rings. The van der Waals surface area contributed by atoms with Crippen LogP contribution in [0.5, 0.6) is 0 Å². The number of hydrogen-bond acceptors (Lipinski definition) is 4. The van der Waals surface area contributed by atoms with Gasteiger partial charge in [0.1, 0.15) is 5.82 Å². The van der Waals surface area contributed by atoms with Crippen LogP contribution in [0.25, 0.3) is 0 Å². The van der Waals surface area contributed by atoms with E-state index >= 15 is 0 Å². The number of anilines is 1. The molecule has 5 nitrogen and oxygen atoms in total. The summed E-state index contributed by atoms with van der Waals surface area (Å²) in [6, 6.07) is 12.1. The lowest BCUT2D eigenvalue weighted by Crippen LogP contribution is -2.22. The monoisotopic (exact) mass is 297 g/mol. The number of nitrogens with one attached hydrogen (secondary N) is 2. The number of aryl methyl sites for hydroxylation is 1. The number of hydroxylamine groups is 1. The van der Waals surface area contributed by atoms with E-state index in [1.807, 2.05) is 25.1 Å². The molecule has 1 saturated carbocycles. The van der Waals surface area contributed by atoms with Crippen molar-refractivity contribution in [1.82, 2.24) is 10.5 Å². The molecule has 1 aromatic carbocycles. The van der Waals surface area contributed by atoms with Gasteiger partial charge in [-0.05, 0) is 36.5 Å². The minimum absolute atomic E-state index is 0.0427. The third-order valence-electron chi connectivity index (χ3n) is 4.15. The van der Waals surface area contributed by atoms with Crippen molar-refractivity contribution in [3.05, 3.63) is 59.3 Å². The van der Waals surface area contributed by atoms with E-state index in [2.05, 4.69) is 22.4 Å². The van der Waals surface area contributed by atoms with Crippen molar-refractivity contribution in [3.8, 4) is 0 Å². The van der Waals surface area contributed by atoms with Gasteiger partial charge in [0, 0.05) is 6.20 Å². The number of carbonyl (C=O) groups is 1. The van der Waals surface area contributed by atoms with E-state index in [0.717, 1.165) is 30.6 Å². The van der Waals surface area contributed by atoms with Crippen molar-refractivity contribution in [1.29, 1.82) is 0 Å². The van der Waals surface area contributed by atoms with Gasteiger partial charge in [0.25, 0.3) is 5.91 Å². The summed E-state index contributed by atoms with van der Waals surface area (Å²) in [6.45, 7) is 2.02. The SMILES string of the molecule is CCc1cc(C(=O)NO)cnc1NC1(c2ccccc2)CC1. The van der Waals surface area contributed by atoms with Crippen LogP contribution in [0.4, 0.5) is 5.82 Å². The van der Waals surface area contributed by atoms with Crippen molar-refractivity contribution >= 4 is 11.7 Å². The molecule has 22 heavy (non-hydrogen) atoms. The Kier molecular flexibility index (Phi) is 3.81. The fraction of sp³-hybridized carbons (Fsp3) is 0.294. The first-order valence-corrected chi connectivity index (χ1v) is 7.45. The van der Waals surface area contributed by atoms with Crippen molar-refractivity contribution in [2.24, 2.45) is 0 Å². The maximum absolute atomic E-state index is 11.5. The van der Waals surface area contributed by atoms with Gasteiger partial charge >= 0.3 is 0 Å². The summed E-state index contributed by atoms with van der Waals surface area (Å²) >= 11 is 0. The smallest absolute Gasteiger partial charge is 0.276 e. The molecule has 2 aromatic rings. The van der Waals surface area contributed by atoms with E-state index in [9.17, 15) is 4.79 Å². The Morgan fingerprint density at radius 2 is 2.05 bits per heavy atom. The molecule has 1 heterocycles. The van der Waals surface area contributed by atoms with E-state index in [4.69, 9.17) is 5.21 Å². The highest BCUT2D eigenvalue weighted by Gasteiger charge is 2.44. The first kappa shape index (κ1) is 14.5. The van der Waals surface area contributed by atoms with Gasteiger partial charge in [-0.15, -0.1) is 0 Å². The Morgan fingerprint density at radius 3 is 2.64 bits per heavy atom. The predicted molar refractivity (Wildman–Crippen MR) is 83.8 cm³/mol. The van der Waals surface area contributed by atoms with E-state index in [1.165, 1.54) is 11.8 Å². The van der Waals surface area contributed by atoms with E-state index < -0.39 is 5.91 Å². The molecule has 1 aliphatic carbocycles. The van der Waals surface area contributed by atoms with Crippen LogP contribution in [-0.2, 0) is 12.0 Å². The largest absolute Gasteiger partial charge is 0.360 e. The third-order valence-corrected chi connectivity index (χ3v) is 4.15. The average molecular weight is 297 g/mol. The fourth-order valence-corrected chi connectivity index (χ4v) is 2.68. The molecule has 0 spiro atoms. The molecule has 3 rings (SSSR count). The van der Waals surface area contributed by atoms with Gasteiger partial charge in [-0.25, -0.2) is 10.5 Å². The molecule has 0 bridgehead atoms. The first-order valence-electron chi connectivity index (χ1n) is 7.45. The standard InChI is InChI=1S/C17H19N3O2/c1-2-12-10-13(16(21)20-22)11-18-15(12)19-17(8-9-17)14-6-4-3-5-7-14/h3-7,10-11,22H,2,8-9H2,1H3,(H,18,19)(H,20,21). The summed E-state index contributed by atoms with van der Waals surface area (Å²) in [6.07, 6.45) is 4.38. The molecule has 0 radical (unpaired) electrons. The van der Waals surface area contributed by atoms with Crippen molar-refractivity contribution < 1.29 is 10.0 Å². The zero-order valence-electron chi connectivity index (χ0n) is 12.5.